The Morgan fingerprint density at radius 1 is 1.11 bits per heavy atom. The number of benzene rings is 2. The lowest BCUT2D eigenvalue weighted by atomic mass is 9.95. The van der Waals surface area contributed by atoms with Gasteiger partial charge in [0.05, 0.1) is 11.6 Å². The Labute approximate surface area is 164 Å². The van der Waals surface area contributed by atoms with Crippen LogP contribution in [-0.4, -0.2) is 23.5 Å². The molecule has 0 spiro atoms. The van der Waals surface area contributed by atoms with Crippen LogP contribution in [0.3, 0.4) is 0 Å². The monoisotopic (exact) mass is 376 g/mol. The second-order valence-electron chi connectivity index (χ2n) is 7.33. The van der Waals surface area contributed by atoms with Crippen LogP contribution in [0.5, 0.6) is 0 Å². The van der Waals surface area contributed by atoms with Crippen LogP contribution in [-0.2, 0) is 22.4 Å². The van der Waals surface area contributed by atoms with Crippen molar-refractivity contribution in [3.63, 3.8) is 0 Å². The van der Waals surface area contributed by atoms with Crippen LogP contribution in [0.15, 0.2) is 48.5 Å². The average Bonchev–Trinajstić information content (AvgIpc) is 3.10. The summed E-state index contributed by atoms with van der Waals surface area (Å²) < 4.78 is 5.23. The Bertz CT molecular complexity index is 1010. The highest BCUT2D eigenvalue weighted by molar-refractivity contribution is 5.97. The number of ether oxygens (including phenoxy) is 1. The molecule has 0 saturated carbocycles. The SMILES string of the molecule is C[C@@H](NC(=O)COC(=O)c1ccc2[nH]c3c(c2c1)CCCC3)c1ccccc1. The first-order valence-electron chi connectivity index (χ1n) is 9.77. The standard InChI is InChI=1S/C23H24N2O3/c1-15(16-7-3-2-4-8-16)24-22(26)14-28-23(27)17-11-12-21-19(13-17)18-9-5-6-10-20(18)25-21/h2-4,7-8,11-13,15,25H,5-6,9-10,14H2,1H3,(H,24,26)/t15-/m1/s1. The van der Waals surface area contributed by atoms with E-state index < -0.39 is 5.97 Å². The number of fused-ring (bicyclic) bond motifs is 3. The topological polar surface area (TPSA) is 71.2 Å². The second-order valence-corrected chi connectivity index (χ2v) is 7.33. The van der Waals surface area contributed by atoms with Gasteiger partial charge in [-0.05, 0) is 61.9 Å². The Morgan fingerprint density at radius 2 is 1.89 bits per heavy atom. The number of nitrogens with one attached hydrogen (secondary N) is 2. The molecule has 2 aromatic carbocycles. The Hall–Kier alpha value is -3.08. The van der Waals surface area contributed by atoms with Gasteiger partial charge in [0.2, 0.25) is 0 Å². The van der Waals surface area contributed by atoms with Crippen molar-refractivity contribution in [3.05, 3.63) is 70.9 Å². The van der Waals surface area contributed by atoms with Gasteiger partial charge in [0.1, 0.15) is 0 Å². The van der Waals surface area contributed by atoms with E-state index in [9.17, 15) is 9.59 Å². The summed E-state index contributed by atoms with van der Waals surface area (Å²) in [6.45, 7) is 1.61. The first-order valence-corrected chi connectivity index (χ1v) is 9.77. The third kappa shape index (κ3) is 3.79. The molecule has 0 saturated heterocycles. The van der Waals surface area contributed by atoms with E-state index in [0.29, 0.717) is 5.56 Å². The van der Waals surface area contributed by atoms with Gasteiger partial charge in [-0.3, -0.25) is 4.79 Å². The minimum atomic E-state index is -0.477. The van der Waals surface area contributed by atoms with Crippen LogP contribution in [0.25, 0.3) is 10.9 Å². The summed E-state index contributed by atoms with van der Waals surface area (Å²) in [5.41, 5.74) is 5.12. The number of hydrogen-bond acceptors (Lipinski definition) is 3. The molecule has 1 aliphatic carbocycles. The van der Waals surface area contributed by atoms with Gasteiger partial charge in [0.15, 0.2) is 6.61 Å². The van der Waals surface area contributed by atoms with Crippen molar-refractivity contribution in [1.29, 1.82) is 0 Å². The minimum absolute atomic E-state index is 0.143. The molecule has 4 rings (SSSR count). The number of hydrogen-bond donors (Lipinski definition) is 2. The summed E-state index contributed by atoms with van der Waals surface area (Å²) in [5.74, 6) is -0.792. The Balaban J connectivity index is 1.39. The molecule has 28 heavy (non-hydrogen) atoms. The maximum absolute atomic E-state index is 12.4. The normalized spacial score (nSPS) is 14.3. The molecule has 1 aliphatic rings. The second kappa shape index (κ2) is 7.89. The number of carbonyl (C=O) groups excluding carboxylic acids is 2. The van der Waals surface area contributed by atoms with E-state index in [1.165, 1.54) is 24.1 Å². The number of rotatable bonds is 5. The third-order valence-electron chi connectivity index (χ3n) is 5.35. The molecular weight excluding hydrogens is 352 g/mol. The number of aromatic amines is 1. The lowest BCUT2D eigenvalue weighted by Crippen LogP contribution is -2.31. The fourth-order valence-electron chi connectivity index (χ4n) is 3.86. The summed E-state index contributed by atoms with van der Waals surface area (Å²) in [4.78, 5) is 28.0. The van der Waals surface area contributed by atoms with E-state index in [1.807, 2.05) is 49.4 Å². The summed E-state index contributed by atoms with van der Waals surface area (Å²) in [5, 5.41) is 3.94. The van der Waals surface area contributed by atoms with Crippen molar-refractivity contribution in [2.75, 3.05) is 6.61 Å². The van der Waals surface area contributed by atoms with Crippen LogP contribution >= 0.6 is 0 Å². The molecule has 1 amide bonds. The molecule has 2 N–H and O–H groups in total. The van der Waals surface area contributed by atoms with E-state index >= 15 is 0 Å². The highest BCUT2D eigenvalue weighted by Crippen LogP contribution is 2.29. The molecule has 0 radical (unpaired) electrons. The molecule has 5 heteroatoms. The van der Waals surface area contributed by atoms with Crippen LogP contribution in [0.2, 0.25) is 0 Å². The first kappa shape index (κ1) is 18.3. The van der Waals surface area contributed by atoms with Crippen molar-refractivity contribution >= 4 is 22.8 Å². The first-order chi connectivity index (χ1) is 13.6. The van der Waals surface area contributed by atoms with Crippen LogP contribution < -0.4 is 5.32 Å². The lowest BCUT2D eigenvalue weighted by molar-refractivity contribution is -0.124. The number of amides is 1. The molecule has 0 fully saturated rings. The van der Waals surface area contributed by atoms with E-state index in [0.717, 1.165) is 29.3 Å². The zero-order valence-corrected chi connectivity index (χ0v) is 16.0. The molecule has 1 atom stereocenters. The largest absolute Gasteiger partial charge is 0.452 e. The van der Waals surface area contributed by atoms with Crippen molar-refractivity contribution in [2.45, 2.75) is 38.6 Å². The van der Waals surface area contributed by atoms with Crippen molar-refractivity contribution < 1.29 is 14.3 Å². The highest BCUT2D eigenvalue weighted by atomic mass is 16.5. The third-order valence-corrected chi connectivity index (χ3v) is 5.35. The van der Waals surface area contributed by atoms with Crippen molar-refractivity contribution in [2.24, 2.45) is 0 Å². The van der Waals surface area contributed by atoms with Gasteiger partial charge in [-0.15, -0.1) is 0 Å². The van der Waals surface area contributed by atoms with Gasteiger partial charge in [-0.25, -0.2) is 4.79 Å². The van der Waals surface area contributed by atoms with Gasteiger partial charge < -0.3 is 15.0 Å². The summed E-state index contributed by atoms with van der Waals surface area (Å²) in [6.07, 6.45) is 4.47. The number of esters is 1. The van der Waals surface area contributed by atoms with E-state index in [-0.39, 0.29) is 18.6 Å². The maximum atomic E-state index is 12.4. The molecular formula is C23H24N2O3. The molecule has 0 unspecified atom stereocenters. The zero-order valence-electron chi connectivity index (χ0n) is 16.0. The Kier molecular flexibility index (Phi) is 5.15. The van der Waals surface area contributed by atoms with Crippen molar-refractivity contribution in [1.82, 2.24) is 10.3 Å². The minimum Gasteiger partial charge on any atom is -0.452 e. The van der Waals surface area contributed by atoms with Crippen LogP contribution in [0.1, 0.15) is 53.0 Å². The molecule has 5 nitrogen and oxygen atoms in total. The molecule has 144 valence electrons. The number of H-pyrrole nitrogens is 1. The highest BCUT2D eigenvalue weighted by Gasteiger charge is 2.18. The number of aryl methyl sites for hydroxylation is 2. The van der Waals surface area contributed by atoms with Crippen molar-refractivity contribution in [3.8, 4) is 0 Å². The molecule has 0 bridgehead atoms. The zero-order chi connectivity index (χ0) is 19.5. The molecule has 3 aromatic rings. The summed E-state index contributed by atoms with van der Waals surface area (Å²) in [6, 6.07) is 15.1. The predicted molar refractivity (Wildman–Crippen MR) is 108 cm³/mol. The lowest BCUT2D eigenvalue weighted by Gasteiger charge is -2.14. The van der Waals surface area contributed by atoms with Gasteiger partial charge in [0.25, 0.3) is 5.91 Å². The fourth-order valence-corrected chi connectivity index (χ4v) is 3.86. The number of aromatic nitrogens is 1. The molecule has 1 heterocycles. The maximum Gasteiger partial charge on any atom is 0.338 e. The van der Waals surface area contributed by atoms with Gasteiger partial charge in [-0.2, -0.15) is 0 Å². The van der Waals surface area contributed by atoms with Crippen LogP contribution in [0, 0.1) is 0 Å². The Morgan fingerprint density at radius 3 is 2.71 bits per heavy atom. The number of carbonyl (C=O) groups is 2. The molecule has 0 aliphatic heterocycles. The average molecular weight is 376 g/mol. The fraction of sp³-hybridized carbons (Fsp3) is 0.304. The van der Waals surface area contributed by atoms with Gasteiger partial charge in [-0.1, -0.05) is 30.3 Å². The van der Waals surface area contributed by atoms with Crippen LogP contribution in [0.4, 0.5) is 0 Å². The molecule has 1 aromatic heterocycles. The van der Waals surface area contributed by atoms with E-state index in [4.69, 9.17) is 4.74 Å². The van der Waals surface area contributed by atoms with Gasteiger partial charge >= 0.3 is 5.97 Å². The predicted octanol–water partition coefficient (Wildman–Crippen LogP) is 4.08. The summed E-state index contributed by atoms with van der Waals surface area (Å²) in [7, 11) is 0. The van der Waals surface area contributed by atoms with Gasteiger partial charge in [0, 0.05) is 16.6 Å². The van der Waals surface area contributed by atoms with E-state index in [1.54, 1.807) is 6.07 Å². The summed E-state index contributed by atoms with van der Waals surface area (Å²) >= 11 is 0. The van der Waals surface area contributed by atoms with E-state index in [2.05, 4.69) is 10.3 Å². The smallest absolute Gasteiger partial charge is 0.338 e. The quantitative estimate of drug-likeness (QED) is 0.659.